The molecule has 0 aromatic heterocycles. The first-order valence-corrected chi connectivity index (χ1v) is 2.48. The van der Waals surface area contributed by atoms with Gasteiger partial charge in [-0.3, -0.25) is 0 Å². The van der Waals surface area contributed by atoms with Crippen LogP contribution in [-0.2, 0) is 16.8 Å². The first-order valence-electron chi connectivity index (χ1n) is 2.10. The second-order valence-corrected chi connectivity index (χ2v) is 1.73. The Morgan fingerprint density at radius 3 is 1.75 bits per heavy atom. The van der Waals surface area contributed by atoms with Gasteiger partial charge in [-0.1, -0.05) is 29.8 Å². The van der Waals surface area contributed by atoms with Gasteiger partial charge in [0.2, 0.25) is 0 Å². The molecule has 0 spiro atoms. The van der Waals surface area contributed by atoms with Crippen molar-refractivity contribution in [2.24, 2.45) is 0 Å². The Morgan fingerprint density at radius 1 is 1.00 bits per heavy atom. The van der Waals surface area contributed by atoms with E-state index in [0.717, 1.165) is 5.02 Å². The molecule has 0 bridgehead atoms. The van der Waals surface area contributed by atoms with Gasteiger partial charge in [0.1, 0.15) is 0 Å². The minimum atomic E-state index is 0. The summed E-state index contributed by atoms with van der Waals surface area (Å²) in [5.74, 6) is 0. The van der Waals surface area contributed by atoms with Crippen LogP contribution < -0.4 is 0 Å². The molecule has 0 saturated heterocycles. The van der Waals surface area contributed by atoms with E-state index in [1.54, 1.807) is 0 Å². The summed E-state index contributed by atoms with van der Waals surface area (Å²) in [6.45, 7) is 0. The van der Waals surface area contributed by atoms with Crippen molar-refractivity contribution in [1.29, 1.82) is 0 Å². The normalized spacial score (nSPS) is 7.62. The maximum atomic E-state index is 5.54. The zero-order chi connectivity index (χ0) is 5.11. The van der Waals surface area contributed by atoms with Crippen LogP contribution in [0.2, 0.25) is 5.02 Å². The molecule has 0 amide bonds. The summed E-state index contributed by atoms with van der Waals surface area (Å²) in [6.07, 6.45) is 0. The molecule has 0 fully saturated rings. The molecule has 0 saturated carbocycles. The SMILES string of the molecule is Clc1ccccc1.[Co]. The minimum absolute atomic E-state index is 0. The Bertz CT molecular complexity index is 138. The number of benzene rings is 1. The predicted octanol–water partition coefficient (Wildman–Crippen LogP) is 2.34. The Morgan fingerprint density at radius 2 is 1.50 bits per heavy atom. The first kappa shape index (κ1) is 8.02. The van der Waals surface area contributed by atoms with E-state index in [4.69, 9.17) is 11.6 Å². The van der Waals surface area contributed by atoms with Crippen molar-refractivity contribution in [1.82, 2.24) is 0 Å². The molecule has 0 aliphatic heterocycles. The summed E-state index contributed by atoms with van der Waals surface area (Å²) < 4.78 is 0. The van der Waals surface area contributed by atoms with E-state index in [1.807, 2.05) is 30.3 Å². The van der Waals surface area contributed by atoms with Crippen LogP contribution in [0.15, 0.2) is 30.3 Å². The van der Waals surface area contributed by atoms with Gasteiger partial charge in [-0.2, -0.15) is 0 Å². The molecule has 0 unspecified atom stereocenters. The molecule has 0 heterocycles. The van der Waals surface area contributed by atoms with Crippen LogP contribution in [0.25, 0.3) is 0 Å². The molecule has 0 aliphatic carbocycles. The number of rotatable bonds is 0. The number of hydrogen-bond donors (Lipinski definition) is 0. The van der Waals surface area contributed by atoms with E-state index in [-0.39, 0.29) is 16.8 Å². The van der Waals surface area contributed by atoms with E-state index < -0.39 is 0 Å². The van der Waals surface area contributed by atoms with Crippen LogP contribution in [0.5, 0.6) is 0 Å². The second kappa shape index (κ2) is 3.95. The summed E-state index contributed by atoms with van der Waals surface area (Å²) in [6, 6.07) is 9.44. The minimum Gasteiger partial charge on any atom is -0.0843 e. The molecule has 8 heavy (non-hydrogen) atoms. The van der Waals surface area contributed by atoms with Crippen molar-refractivity contribution in [2.45, 2.75) is 0 Å². The fraction of sp³-hybridized carbons (Fsp3) is 0. The van der Waals surface area contributed by atoms with Gasteiger partial charge in [0.25, 0.3) is 0 Å². The van der Waals surface area contributed by atoms with Gasteiger partial charge in [-0.15, -0.1) is 0 Å². The van der Waals surface area contributed by atoms with Crippen LogP contribution in [-0.4, -0.2) is 0 Å². The van der Waals surface area contributed by atoms with Crippen molar-refractivity contribution in [3.63, 3.8) is 0 Å². The second-order valence-electron chi connectivity index (χ2n) is 1.30. The molecule has 1 radical (unpaired) electrons. The van der Waals surface area contributed by atoms with Gasteiger partial charge in [-0.25, -0.2) is 0 Å². The number of halogens is 1. The Hall–Kier alpha value is 0.0165. The molecular weight excluding hydrogens is 166 g/mol. The molecule has 0 nitrogen and oxygen atoms in total. The van der Waals surface area contributed by atoms with Gasteiger partial charge in [0.15, 0.2) is 0 Å². The average molecular weight is 171 g/mol. The smallest absolute Gasteiger partial charge is 0.0405 e. The largest absolute Gasteiger partial charge is 0.0843 e. The molecule has 1 rings (SSSR count). The summed E-state index contributed by atoms with van der Waals surface area (Å²) in [4.78, 5) is 0. The molecule has 0 atom stereocenters. The molecule has 0 aliphatic rings. The molecular formula is C6H5ClCo. The van der Waals surface area contributed by atoms with Crippen LogP contribution >= 0.6 is 11.6 Å². The van der Waals surface area contributed by atoms with Gasteiger partial charge in [-0.05, 0) is 12.1 Å². The van der Waals surface area contributed by atoms with Gasteiger partial charge < -0.3 is 0 Å². The van der Waals surface area contributed by atoms with Gasteiger partial charge in [0.05, 0.1) is 0 Å². The van der Waals surface area contributed by atoms with Gasteiger partial charge >= 0.3 is 0 Å². The van der Waals surface area contributed by atoms with E-state index in [0.29, 0.717) is 0 Å². The molecule has 1 aromatic rings. The fourth-order valence-corrected chi connectivity index (χ4v) is 0.560. The fourth-order valence-electron chi connectivity index (χ4n) is 0.415. The Labute approximate surface area is 64.1 Å². The third kappa shape index (κ3) is 2.36. The Balaban J connectivity index is 0.000000490. The molecule has 0 N–H and O–H groups in total. The molecule has 45 valence electrons. The van der Waals surface area contributed by atoms with E-state index >= 15 is 0 Å². The van der Waals surface area contributed by atoms with Crippen molar-refractivity contribution < 1.29 is 16.8 Å². The summed E-state index contributed by atoms with van der Waals surface area (Å²) in [5, 5.41) is 0.794. The standard InChI is InChI=1S/C6H5Cl.Co/c7-6-4-2-1-3-5-6;/h1-5H;. The van der Waals surface area contributed by atoms with Crippen molar-refractivity contribution in [2.75, 3.05) is 0 Å². The summed E-state index contributed by atoms with van der Waals surface area (Å²) in [7, 11) is 0. The maximum Gasteiger partial charge on any atom is 0.0405 e. The number of hydrogen-bond acceptors (Lipinski definition) is 0. The predicted molar refractivity (Wildman–Crippen MR) is 31.5 cm³/mol. The quantitative estimate of drug-likeness (QED) is 0.562. The van der Waals surface area contributed by atoms with Crippen LogP contribution in [0, 0.1) is 0 Å². The topological polar surface area (TPSA) is 0 Å². The summed E-state index contributed by atoms with van der Waals surface area (Å²) in [5.41, 5.74) is 0. The van der Waals surface area contributed by atoms with Crippen molar-refractivity contribution in [3.05, 3.63) is 35.4 Å². The average Bonchev–Trinajstić information content (AvgIpc) is 1.69. The van der Waals surface area contributed by atoms with Gasteiger partial charge in [0, 0.05) is 21.8 Å². The Kier molecular flexibility index (Phi) is 3.96. The molecule has 2 heteroatoms. The third-order valence-electron chi connectivity index (χ3n) is 0.733. The zero-order valence-corrected chi connectivity index (χ0v) is 5.90. The third-order valence-corrected chi connectivity index (χ3v) is 0.985. The summed E-state index contributed by atoms with van der Waals surface area (Å²) >= 11 is 5.54. The first-order chi connectivity index (χ1) is 3.39. The zero-order valence-electron chi connectivity index (χ0n) is 4.10. The van der Waals surface area contributed by atoms with Crippen LogP contribution in [0.3, 0.4) is 0 Å². The van der Waals surface area contributed by atoms with E-state index in [1.165, 1.54) is 0 Å². The van der Waals surface area contributed by atoms with Crippen LogP contribution in [0.4, 0.5) is 0 Å². The van der Waals surface area contributed by atoms with E-state index in [2.05, 4.69) is 0 Å². The van der Waals surface area contributed by atoms with Crippen molar-refractivity contribution >= 4 is 11.6 Å². The van der Waals surface area contributed by atoms with Crippen molar-refractivity contribution in [3.8, 4) is 0 Å². The van der Waals surface area contributed by atoms with E-state index in [9.17, 15) is 0 Å². The monoisotopic (exact) mass is 171 g/mol. The van der Waals surface area contributed by atoms with Crippen LogP contribution in [0.1, 0.15) is 0 Å². The molecule has 1 aromatic carbocycles. The maximum absolute atomic E-state index is 5.54.